The first-order valence-corrected chi connectivity index (χ1v) is 4.48. The minimum Gasteiger partial charge on any atom is -1.00 e. The van der Waals surface area contributed by atoms with Gasteiger partial charge >= 0.3 is 0 Å². The summed E-state index contributed by atoms with van der Waals surface area (Å²) in [6, 6.07) is 13.0. The summed E-state index contributed by atoms with van der Waals surface area (Å²) in [5.74, 6) is 0. The van der Waals surface area contributed by atoms with Crippen molar-refractivity contribution in [1.82, 2.24) is 0 Å². The fraction of sp³-hybridized carbons (Fsp3) is 0. The summed E-state index contributed by atoms with van der Waals surface area (Å²) in [5, 5.41) is 7.41. The lowest BCUT2D eigenvalue weighted by Gasteiger charge is -1.94. The van der Waals surface area contributed by atoms with Crippen molar-refractivity contribution in [3.05, 3.63) is 46.8 Å². The summed E-state index contributed by atoms with van der Waals surface area (Å²) < 4.78 is 0. The van der Waals surface area contributed by atoms with E-state index in [-0.39, 0.29) is 17.0 Å². The summed E-state index contributed by atoms with van der Waals surface area (Å²) in [6.07, 6.45) is 4.31. The third-order valence-electron chi connectivity index (χ3n) is 2.50. The summed E-state index contributed by atoms with van der Waals surface area (Å²) >= 11 is 0. The number of fused-ring (bicyclic) bond motifs is 2. The van der Waals surface area contributed by atoms with Gasteiger partial charge in [0, 0.05) is 10.4 Å². The summed E-state index contributed by atoms with van der Waals surface area (Å²) in [7, 11) is 0. The van der Waals surface area contributed by atoms with Crippen molar-refractivity contribution in [2.75, 3.05) is 0 Å². The van der Waals surface area contributed by atoms with Crippen LogP contribution in [0.3, 0.4) is 0 Å². The Kier molecular flexibility index (Phi) is 2.40. The molecule has 1 heterocycles. The Morgan fingerprint density at radius 2 is 1.29 bits per heavy atom. The molecule has 0 spiro atoms. The van der Waals surface area contributed by atoms with Crippen LogP contribution in [0, 0.1) is 0 Å². The van der Waals surface area contributed by atoms with Crippen molar-refractivity contribution in [2.24, 2.45) is 0 Å². The molecule has 2 aromatic rings. The molecule has 70 valence electrons. The second kappa shape index (κ2) is 3.56. The van der Waals surface area contributed by atoms with Crippen molar-refractivity contribution in [1.29, 1.82) is 0 Å². The molecule has 14 heavy (non-hydrogen) atoms. The van der Waals surface area contributed by atoms with Crippen LogP contribution in [0.25, 0.3) is 23.2 Å². The van der Waals surface area contributed by atoms with Gasteiger partial charge in [-0.3, -0.25) is 5.32 Å². The van der Waals surface area contributed by atoms with Gasteiger partial charge in [-0.25, -0.2) is 0 Å². The number of hydrogen-bond acceptors (Lipinski definition) is 0. The average molecular weight is 248 g/mol. The van der Waals surface area contributed by atoms with Crippen LogP contribution in [0.15, 0.2) is 36.4 Å². The van der Waals surface area contributed by atoms with E-state index in [0.717, 1.165) is 0 Å². The molecule has 0 saturated carbocycles. The van der Waals surface area contributed by atoms with Crippen LogP contribution in [0.5, 0.6) is 0 Å². The maximum atomic E-state index is 2.24. The van der Waals surface area contributed by atoms with Crippen LogP contribution >= 0.6 is 0 Å². The Labute approximate surface area is 92.5 Å². The Morgan fingerprint density at radius 3 is 1.79 bits per heavy atom. The molecule has 0 aliphatic carbocycles. The van der Waals surface area contributed by atoms with Gasteiger partial charge in [0.15, 0.2) is 0 Å². The van der Waals surface area contributed by atoms with E-state index in [4.69, 9.17) is 0 Å². The number of benzene rings is 2. The minimum absolute atomic E-state index is 0. The molecule has 0 atom stereocenters. The zero-order chi connectivity index (χ0) is 8.67. The molecule has 1 nitrogen and oxygen atoms in total. The molecule has 1 aliphatic rings. The molecule has 0 fully saturated rings. The van der Waals surface area contributed by atoms with Crippen molar-refractivity contribution >= 4 is 23.2 Å². The average Bonchev–Trinajstić information content (AvgIpc) is 2.61. The molecule has 0 amide bonds. The minimum atomic E-state index is 0. The summed E-state index contributed by atoms with van der Waals surface area (Å²) in [4.78, 5) is 0. The van der Waals surface area contributed by atoms with E-state index in [1.165, 1.54) is 21.2 Å². The van der Waals surface area contributed by atoms with E-state index in [2.05, 4.69) is 54.1 Å². The molecule has 2 N–H and O–H groups in total. The van der Waals surface area contributed by atoms with E-state index in [0.29, 0.717) is 0 Å². The van der Waals surface area contributed by atoms with E-state index >= 15 is 0 Å². The van der Waals surface area contributed by atoms with Crippen molar-refractivity contribution in [3.63, 3.8) is 0 Å². The predicted molar refractivity (Wildman–Crippen MR) is 54.1 cm³/mol. The third-order valence-corrected chi connectivity index (χ3v) is 2.50. The van der Waals surface area contributed by atoms with Crippen molar-refractivity contribution < 1.29 is 22.3 Å². The molecule has 0 bridgehead atoms. The highest BCUT2D eigenvalue weighted by Gasteiger charge is 1.98. The van der Waals surface area contributed by atoms with E-state index in [9.17, 15) is 0 Å². The fourth-order valence-corrected chi connectivity index (χ4v) is 1.82. The normalized spacial score (nSPS) is 12.6. The molecule has 0 saturated heterocycles. The monoisotopic (exact) mass is 247 g/mol. The Morgan fingerprint density at radius 1 is 0.786 bits per heavy atom. The SMILES string of the molecule is C1=c2cc3ccccc3cc2=C[NH2+]1.[Br-]. The van der Waals surface area contributed by atoms with Crippen LogP contribution in [0.2, 0.25) is 0 Å². The first-order chi connectivity index (χ1) is 6.43. The second-order valence-electron chi connectivity index (χ2n) is 3.35. The summed E-state index contributed by atoms with van der Waals surface area (Å²) in [6.45, 7) is 0. The number of quaternary nitrogens is 1. The van der Waals surface area contributed by atoms with Crippen molar-refractivity contribution in [2.45, 2.75) is 0 Å². The number of nitrogens with two attached hydrogens (primary N) is 1. The highest BCUT2D eigenvalue weighted by molar-refractivity contribution is 5.82. The van der Waals surface area contributed by atoms with Gasteiger partial charge in [0.1, 0.15) is 12.4 Å². The van der Waals surface area contributed by atoms with Gasteiger partial charge < -0.3 is 17.0 Å². The number of halogens is 1. The molecule has 0 unspecified atom stereocenters. The molecule has 0 aromatic heterocycles. The quantitative estimate of drug-likeness (QED) is 0.508. The van der Waals surface area contributed by atoms with Crippen LogP contribution < -0.4 is 32.7 Å². The summed E-state index contributed by atoms with van der Waals surface area (Å²) in [5.41, 5.74) is 0. The topological polar surface area (TPSA) is 16.6 Å². The van der Waals surface area contributed by atoms with Gasteiger partial charge in [0.25, 0.3) is 0 Å². The highest BCUT2D eigenvalue weighted by atomic mass is 79.9. The molecule has 2 heteroatoms. The highest BCUT2D eigenvalue weighted by Crippen LogP contribution is 2.07. The lowest BCUT2D eigenvalue weighted by molar-refractivity contribution is -0.433. The largest absolute Gasteiger partial charge is 1.00 e. The van der Waals surface area contributed by atoms with Gasteiger partial charge in [0.2, 0.25) is 0 Å². The van der Waals surface area contributed by atoms with Crippen molar-refractivity contribution in [3.8, 4) is 0 Å². The lowest BCUT2D eigenvalue weighted by atomic mass is 10.1. The van der Waals surface area contributed by atoms with E-state index in [1.54, 1.807) is 0 Å². The first-order valence-electron chi connectivity index (χ1n) is 4.48. The molecule has 0 radical (unpaired) electrons. The van der Waals surface area contributed by atoms with Gasteiger partial charge in [-0.2, -0.15) is 0 Å². The van der Waals surface area contributed by atoms with E-state index < -0.39 is 0 Å². The fourth-order valence-electron chi connectivity index (χ4n) is 1.82. The molecular formula is C12H10BrN. The molecule has 2 aromatic carbocycles. The molecule has 3 rings (SSSR count). The zero-order valence-corrected chi connectivity index (χ0v) is 9.16. The number of rotatable bonds is 0. The standard InChI is InChI=1S/C12H9N.BrH/c1-2-4-10-6-12-8-13-7-11(12)5-9(10)3-1;/h1-8,13H;1H. The maximum absolute atomic E-state index is 2.24. The lowest BCUT2D eigenvalue weighted by Crippen LogP contribution is -3.00. The third kappa shape index (κ3) is 1.37. The van der Waals surface area contributed by atoms with Gasteiger partial charge in [0.05, 0.1) is 0 Å². The van der Waals surface area contributed by atoms with E-state index in [1.807, 2.05) is 0 Å². The van der Waals surface area contributed by atoms with Gasteiger partial charge in [-0.05, 0) is 22.9 Å². The Hall–Kier alpha value is -1.12. The Balaban J connectivity index is 0.000000750. The Bertz CT molecular complexity index is 534. The van der Waals surface area contributed by atoms with Crippen LogP contribution in [-0.2, 0) is 0 Å². The molecular weight excluding hydrogens is 238 g/mol. The first kappa shape index (κ1) is 9.44. The van der Waals surface area contributed by atoms with Gasteiger partial charge in [-0.1, -0.05) is 24.3 Å². The number of hydrogen-bond donors (Lipinski definition) is 1. The van der Waals surface area contributed by atoms with Crippen LogP contribution in [0.1, 0.15) is 0 Å². The maximum Gasteiger partial charge on any atom is 0.105 e. The van der Waals surface area contributed by atoms with Crippen LogP contribution in [-0.4, -0.2) is 0 Å². The van der Waals surface area contributed by atoms with Gasteiger partial charge in [-0.15, -0.1) is 0 Å². The second-order valence-corrected chi connectivity index (χ2v) is 3.35. The van der Waals surface area contributed by atoms with Crippen LogP contribution in [0.4, 0.5) is 0 Å². The smallest absolute Gasteiger partial charge is 0.105 e. The molecule has 1 aliphatic heterocycles. The zero-order valence-electron chi connectivity index (χ0n) is 7.57. The predicted octanol–water partition coefficient (Wildman–Crippen LogP) is -3.10.